The molecule has 0 radical (unpaired) electrons. The Morgan fingerprint density at radius 1 is 1.40 bits per heavy atom. The van der Waals surface area contributed by atoms with Gasteiger partial charge in [0, 0.05) is 11.5 Å². The van der Waals surface area contributed by atoms with Crippen molar-refractivity contribution in [2.24, 2.45) is 0 Å². The predicted molar refractivity (Wildman–Crippen MR) is 48.8 cm³/mol. The number of benzene rings is 1. The Morgan fingerprint density at radius 2 is 2.13 bits per heavy atom. The number of nitrogens with zero attached hydrogens (tertiary/aromatic N) is 1. The highest BCUT2D eigenvalue weighted by Crippen LogP contribution is 2.22. The Balaban J connectivity index is 2.90. The van der Waals surface area contributed by atoms with E-state index in [9.17, 15) is 9.18 Å². The second-order valence-electron chi connectivity index (χ2n) is 2.90. The maximum Gasteiger partial charge on any atom is 0.354 e. The third-order valence-corrected chi connectivity index (χ3v) is 1.92. The molecule has 1 heterocycles. The standard InChI is InChI=1S/C10H4FNO3/c11-7-2-5-1-6(4-12)10(14)15-9(5)3-8(7)13/h1-3,13H. The molecule has 0 bridgehead atoms. The van der Waals surface area contributed by atoms with Gasteiger partial charge in [-0.25, -0.2) is 9.18 Å². The molecule has 0 saturated heterocycles. The van der Waals surface area contributed by atoms with Crippen molar-refractivity contribution < 1.29 is 13.9 Å². The largest absolute Gasteiger partial charge is 0.505 e. The third-order valence-electron chi connectivity index (χ3n) is 1.92. The van der Waals surface area contributed by atoms with Crippen LogP contribution in [0.5, 0.6) is 5.75 Å². The molecule has 1 aromatic carbocycles. The summed E-state index contributed by atoms with van der Waals surface area (Å²) in [6.07, 6.45) is 0. The monoisotopic (exact) mass is 205 g/mol. The smallest absolute Gasteiger partial charge is 0.354 e. The second kappa shape index (κ2) is 3.10. The van der Waals surface area contributed by atoms with Crippen LogP contribution in [-0.2, 0) is 0 Å². The molecule has 1 N–H and O–H groups in total. The van der Waals surface area contributed by atoms with Crippen LogP contribution in [0.4, 0.5) is 4.39 Å². The quantitative estimate of drug-likeness (QED) is 0.661. The first-order valence-corrected chi connectivity index (χ1v) is 3.98. The van der Waals surface area contributed by atoms with Crippen LogP contribution in [-0.4, -0.2) is 5.11 Å². The molecule has 0 fully saturated rings. The van der Waals surface area contributed by atoms with E-state index >= 15 is 0 Å². The van der Waals surface area contributed by atoms with Crippen LogP contribution in [0.2, 0.25) is 0 Å². The van der Waals surface area contributed by atoms with Crippen molar-refractivity contribution in [3.8, 4) is 11.8 Å². The van der Waals surface area contributed by atoms with Crippen LogP contribution < -0.4 is 5.63 Å². The zero-order valence-electron chi connectivity index (χ0n) is 7.32. The summed E-state index contributed by atoms with van der Waals surface area (Å²) in [5.41, 5.74) is -0.971. The van der Waals surface area contributed by atoms with E-state index in [1.807, 2.05) is 0 Å². The maximum absolute atomic E-state index is 12.9. The lowest BCUT2D eigenvalue weighted by molar-refractivity contribution is 0.431. The van der Waals surface area contributed by atoms with Crippen molar-refractivity contribution in [3.05, 3.63) is 40.0 Å². The van der Waals surface area contributed by atoms with Gasteiger partial charge in [0.15, 0.2) is 11.6 Å². The molecule has 0 saturated carbocycles. The Bertz CT molecular complexity index is 639. The van der Waals surface area contributed by atoms with Gasteiger partial charge in [0.2, 0.25) is 0 Å². The van der Waals surface area contributed by atoms with Gasteiger partial charge in [-0.2, -0.15) is 5.26 Å². The number of phenolic OH excluding ortho intramolecular Hbond substituents is 1. The molecule has 4 nitrogen and oxygen atoms in total. The normalized spacial score (nSPS) is 10.1. The minimum Gasteiger partial charge on any atom is -0.505 e. The highest BCUT2D eigenvalue weighted by Gasteiger charge is 2.08. The molecule has 1 aromatic heterocycles. The molecule has 2 rings (SSSR count). The van der Waals surface area contributed by atoms with Gasteiger partial charge in [0.25, 0.3) is 0 Å². The Kier molecular flexibility index (Phi) is 1.90. The van der Waals surface area contributed by atoms with Crippen molar-refractivity contribution in [1.29, 1.82) is 5.26 Å². The number of nitriles is 1. The number of fused-ring (bicyclic) bond motifs is 1. The summed E-state index contributed by atoms with van der Waals surface area (Å²) in [5.74, 6) is -1.43. The SMILES string of the molecule is N#Cc1cc2cc(F)c(O)cc2oc1=O. The van der Waals surface area contributed by atoms with E-state index < -0.39 is 17.2 Å². The zero-order chi connectivity index (χ0) is 11.0. The molecule has 15 heavy (non-hydrogen) atoms. The number of aromatic hydroxyl groups is 1. The van der Waals surface area contributed by atoms with Gasteiger partial charge in [0.1, 0.15) is 17.2 Å². The van der Waals surface area contributed by atoms with E-state index in [2.05, 4.69) is 0 Å². The first-order valence-electron chi connectivity index (χ1n) is 3.98. The average molecular weight is 205 g/mol. The molecule has 0 aliphatic heterocycles. The van der Waals surface area contributed by atoms with Crippen LogP contribution >= 0.6 is 0 Å². The van der Waals surface area contributed by atoms with E-state index in [1.165, 1.54) is 6.07 Å². The molecular weight excluding hydrogens is 201 g/mol. The Labute approximate surface area is 82.8 Å². The fraction of sp³-hybridized carbons (Fsp3) is 0. The number of hydrogen-bond acceptors (Lipinski definition) is 4. The molecule has 0 aliphatic rings. The second-order valence-corrected chi connectivity index (χ2v) is 2.90. The molecule has 0 unspecified atom stereocenters. The van der Waals surface area contributed by atoms with Gasteiger partial charge >= 0.3 is 5.63 Å². The zero-order valence-corrected chi connectivity index (χ0v) is 7.32. The van der Waals surface area contributed by atoms with Crippen molar-refractivity contribution in [3.63, 3.8) is 0 Å². The van der Waals surface area contributed by atoms with Gasteiger partial charge < -0.3 is 9.52 Å². The molecule has 0 amide bonds. The molecule has 0 atom stereocenters. The van der Waals surface area contributed by atoms with E-state index in [0.717, 1.165) is 12.1 Å². The van der Waals surface area contributed by atoms with Crippen molar-refractivity contribution in [2.45, 2.75) is 0 Å². The molecule has 0 aliphatic carbocycles. The summed E-state index contributed by atoms with van der Waals surface area (Å²) < 4.78 is 17.6. The lowest BCUT2D eigenvalue weighted by Crippen LogP contribution is -2.03. The summed E-state index contributed by atoms with van der Waals surface area (Å²) in [6, 6.07) is 4.83. The first kappa shape index (κ1) is 9.21. The molecular formula is C10H4FNO3. The Morgan fingerprint density at radius 3 is 2.80 bits per heavy atom. The van der Waals surface area contributed by atoms with Crippen molar-refractivity contribution in [1.82, 2.24) is 0 Å². The summed E-state index contributed by atoms with van der Waals surface area (Å²) in [7, 11) is 0. The maximum atomic E-state index is 12.9. The number of phenols is 1. The molecule has 5 heteroatoms. The lowest BCUT2D eigenvalue weighted by atomic mass is 10.2. The van der Waals surface area contributed by atoms with Crippen LogP contribution in [0, 0.1) is 17.1 Å². The number of halogens is 1. The van der Waals surface area contributed by atoms with Gasteiger partial charge in [-0.3, -0.25) is 0 Å². The lowest BCUT2D eigenvalue weighted by Gasteiger charge is -1.98. The van der Waals surface area contributed by atoms with Crippen LogP contribution in [0.1, 0.15) is 5.56 Å². The first-order chi connectivity index (χ1) is 7.11. The predicted octanol–water partition coefficient (Wildman–Crippen LogP) is 1.51. The third kappa shape index (κ3) is 1.42. The van der Waals surface area contributed by atoms with Crippen molar-refractivity contribution >= 4 is 11.0 Å². The van der Waals surface area contributed by atoms with E-state index in [1.54, 1.807) is 6.07 Å². The summed E-state index contributed by atoms with van der Waals surface area (Å²) in [6.45, 7) is 0. The van der Waals surface area contributed by atoms with E-state index in [0.29, 0.717) is 0 Å². The minimum atomic E-state index is -0.833. The van der Waals surface area contributed by atoms with Gasteiger partial charge in [-0.15, -0.1) is 0 Å². The fourth-order valence-corrected chi connectivity index (χ4v) is 1.21. The van der Waals surface area contributed by atoms with Crippen molar-refractivity contribution in [2.75, 3.05) is 0 Å². The Hall–Kier alpha value is -2.35. The van der Waals surface area contributed by atoms with Gasteiger partial charge in [-0.1, -0.05) is 0 Å². The number of hydrogen-bond donors (Lipinski definition) is 1. The molecule has 0 spiro atoms. The van der Waals surface area contributed by atoms with Gasteiger partial charge in [0.05, 0.1) is 0 Å². The average Bonchev–Trinajstić information content (AvgIpc) is 2.20. The fourth-order valence-electron chi connectivity index (χ4n) is 1.21. The summed E-state index contributed by atoms with van der Waals surface area (Å²) >= 11 is 0. The highest BCUT2D eigenvalue weighted by atomic mass is 19.1. The topological polar surface area (TPSA) is 74.2 Å². The summed E-state index contributed by atoms with van der Waals surface area (Å²) in [5, 5.41) is 17.8. The van der Waals surface area contributed by atoms with Crippen LogP contribution in [0.15, 0.2) is 27.4 Å². The highest BCUT2D eigenvalue weighted by molar-refractivity contribution is 5.79. The van der Waals surface area contributed by atoms with E-state index in [4.69, 9.17) is 14.8 Å². The van der Waals surface area contributed by atoms with Crippen LogP contribution in [0.3, 0.4) is 0 Å². The molecule has 2 aromatic rings. The van der Waals surface area contributed by atoms with Gasteiger partial charge in [-0.05, 0) is 12.1 Å². The number of rotatable bonds is 0. The van der Waals surface area contributed by atoms with Crippen LogP contribution in [0.25, 0.3) is 11.0 Å². The molecule has 74 valence electrons. The minimum absolute atomic E-state index is 0.0397. The summed E-state index contributed by atoms with van der Waals surface area (Å²) in [4.78, 5) is 11.1. The van der Waals surface area contributed by atoms with E-state index in [-0.39, 0.29) is 16.5 Å².